The Hall–Kier alpha value is -1.68. The molecule has 1 N–H and O–H groups in total. The van der Waals surface area contributed by atoms with Gasteiger partial charge in [0.2, 0.25) is 5.91 Å². The molecule has 0 saturated carbocycles. The molecular weight excluding hydrogens is 324 g/mol. The van der Waals surface area contributed by atoms with Gasteiger partial charge in [-0.15, -0.1) is 0 Å². The number of nitrogens with zero attached hydrogens (tertiary/aromatic N) is 1. The molecule has 0 spiro atoms. The summed E-state index contributed by atoms with van der Waals surface area (Å²) in [6.45, 7) is 6.77. The van der Waals surface area contributed by atoms with E-state index in [1.54, 1.807) is 0 Å². The summed E-state index contributed by atoms with van der Waals surface area (Å²) in [7, 11) is 0. The number of ketones is 1. The molecule has 2 fully saturated rings. The molecule has 3 rings (SSSR count). The molecule has 0 aliphatic carbocycles. The van der Waals surface area contributed by atoms with Crippen molar-refractivity contribution >= 4 is 11.7 Å². The van der Waals surface area contributed by atoms with E-state index in [-0.39, 0.29) is 23.7 Å². The van der Waals surface area contributed by atoms with Crippen molar-refractivity contribution in [2.45, 2.75) is 58.4 Å². The maximum atomic E-state index is 12.8. The van der Waals surface area contributed by atoms with Crippen LogP contribution in [0, 0.1) is 11.8 Å². The Kier molecular flexibility index (Phi) is 6.47. The lowest BCUT2D eigenvalue weighted by atomic mass is 9.88. The number of carbonyl (C=O) groups is 2. The molecule has 1 aromatic carbocycles. The lowest BCUT2D eigenvalue weighted by Crippen LogP contribution is -2.51. The smallest absolute Gasteiger partial charge is 0.239 e. The highest BCUT2D eigenvalue weighted by Crippen LogP contribution is 2.23. The van der Waals surface area contributed by atoms with Crippen molar-refractivity contribution in [1.29, 1.82) is 0 Å². The highest BCUT2D eigenvalue weighted by molar-refractivity contribution is 5.98. The van der Waals surface area contributed by atoms with E-state index in [2.05, 4.69) is 31.3 Å². The Balaban J connectivity index is 1.52. The number of Topliss-reactive ketones (excluding diaryl/α,β-unsaturated/α-hetero) is 1. The normalized spacial score (nSPS) is 21.8. The molecule has 142 valence electrons. The predicted octanol–water partition coefficient (Wildman–Crippen LogP) is 3.45. The summed E-state index contributed by atoms with van der Waals surface area (Å²) in [5, 5.41) is 3.34. The number of likely N-dealkylation sites (tertiary alicyclic amines) is 1. The highest BCUT2D eigenvalue weighted by Gasteiger charge is 2.31. The first-order chi connectivity index (χ1) is 12.5. The summed E-state index contributed by atoms with van der Waals surface area (Å²) in [5.74, 6) is 1.14. The number of carbonyl (C=O) groups excluding carboxylic acids is 2. The number of amides is 1. The minimum atomic E-state index is -0.00972. The first kappa shape index (κ1) is 19.1. The van der Waals surface area contributed by atoms with Crippen LogP contribution in [0.25, 0.3) is 0 Å². The standard InChI is InChI=1S/C22H32N2O2/c1-16(2)15-17-6-8-18(9-7-17)21(25)19-10-13-24(14-11-19)22(26)20-5-3-4-12-23-20/h6-9,16,19-20,23H,3-5,10-15H2,1-2H3. The average Bonchev–Trinajstić information content (AvgIpc) is 2.68. The average molecular weight is 357 g/mol. The lowest BCUT2D eigenvalue weighted by Gasteiger charge is -2.35. The van der Waals surface area contributed by atoms with Gasteiger partial charge in [-0.1, -0.05) is 44.5 Å². The third-order valence-electron chi connectivity index (χ3n) is 5.67. The molecule has 2 heterocycles. The molecule has 1 atom stereocenters. The van der Waals surface area contributed by atoms with Gasteiger partial charge in [0.1, 0.15) is 0 Å². The van der Waals surface area contributed by atoms with E-state index in [0.717, 1.165) is 50.6 Å². The predicted molar refractivity (Wildman–Crippen MR) is 104 cm³/mol. The summed E-state index contributed by atoms with van der Waals surface area (Å²) in [4.78, 5) is 27.4. The molecule has 2 aliphatic heterocycles. The van der Waals surface area contributed by atoms with Gasteiger partial charge in [-0.3, -0.25) is 9.59 Å². The third-order valence-corrected chi connectivity index (χ3v) is 5.67. The second-order valence-electron chi connectivity index (χ2n) is 8.26. The van der Waals surface area contributed by atoms with Gasteiger partial charge < -0.3 is 10.2 Å². The molecule has 1 unspecified atom stereocenters. The largest absolute Gasteiger partial charge is 0.341 e. The van der Waals surface area contributed by atoms with E-state index in [4.69, 9.17) is 0 Å². The number of nitrogens with one attached hydrogen (secondary N) is 1. The van der Waals surface area contributed by atoms with Gasteiger partial charge in [-0.2, -0.15) is 0 Å². The molecule has 0 aromatic heterocycles. The van der Waals surface area contributed by atoms with Crippen LogP contribution in [0.5, 0.6) is 0 Å². The second-order valence-corrected chi connectivity index (χ2v) is 8.26. The van der Waals surface area contributed by atoms with Crippen LogP contribution in [0.1, 0.15) is 61.9 Å². The molecule has 1 aromatic rings. The van der Waals surface area contributed by atoms with Crippen LogP contribution in [0.3, 0.4) is 0 Å². The minimum Gasteiger partial charge on any atom is -0.341 e. The fourth-order valence-corrected chi connectivity index (χ4v) is 4.16. The van der Waals surface area contributed by atoms with Crippen molar-refractivity contribution in [2.24, 2.45) is 11.8 Å². The molecule has 2 saturated heterocycles. The number of hydrogen-bond donors (Lipinski definition) is 1. The quantitative estimate of drug-likeness (QED) is 0.822. The van der Waals surface area contributed by atoms with Crippen molar-refractivity contribution in [3.05, 3.63) is 35.4 Å². The van der Waals surface area contributed by atoms with E-state index in [9.17, 15) is 9.59 Å². The summed E-state index contributed by atoms with van der Waals surface area (Å²) >= 11 is 0. The zero-order valence-corrected chi connectivity index (χ0v) is 16.2. The Labute approximate surface area is 157 Å². The van der Waals surface area contributed by atoms with Crippen LogP contribution in [0.2, 0.25) is 0 Å². The van der Waals surface area contributed by atoms with Crippen LogP contribution >= 0.6 is 0 Å². The Bertz CT molecular complexity index is 610. The summed E-state index contributed by atoms with van der Waals surface area (Å²) in [6, 6.07) is 8.11. The molecule has 4 heteroatoms. The summed E-state index contributed by atoms with van der Waals surface area (Å²) in [5.41, 5.74) is 2.10. The number of piperidine rings is 2. The minimum absolute atomic E-state index is 0.00972. The molecule has 0 radical (unpaired) electrons. The van der Waals surface area contributed by atoms with Crippen LogP contribution in [-0.2, 0) is 11.2 Å². The Morgan fingerprint density at radius 3 is 2.35 bits per heavy atom. The first-order valence-corrected chi connectivity index (χ1v) is 10.2. The van der Waals surface area contributed by atoms with Gasteiger partial charge in [-0.05, 0) is 50.1 Å². The van der Waals surface area contributed by atoms with Gasteiger partial charge in [0, 0.05) is 24.6 Å². The molecule has 4 nitrogen and oxygen atoms in total. The molecule has 26 heavy (non-hydrogen) atoms. The maximum absolute atomic E-state index is 12.8. The topological polar surface area (TPSA) is 49.4 Å². The Morgan fingerprint density at radius 2 is 1.77 bits per heavy atom. The molecule has 0 bridgehead atoms. The summed E-state index contributed by atoms with van der Waals surface area (Å²) in [6.07, 6.45) is 5.85. The number of benzene rings is 1. The molecular formula is C22H32N2O2. The lowest BCUT2D eigenvalue weighted by molar-refractivity contribution is -0.135. The van der Waals surface area contributed by atoms with E-state index in [0.29, 0.717) is 19.0 Å². The zero-order chi connectivity index (χ0) is 18.5. The van der Waals surface area contributed by atoms with Crippen molar-refractivity contribution in [1.82, 2.24) is 10.2 Å². The van der Waals surface area contributed by atoms with E-state index in [1.165, 1.54) is 5.56 Å². The van der Waals surface area contributed by atoms with Crippen LogP contribution in [0.15, 0.2) is 24.3 Å². The van der Waals surface area contributed by atoms with Crippen molar-refractivity contribution in [2.75, 3.05) is 19.6 Å². The van der Waals surface area contributed by atoms with E-state index in [1.807, 2.05) is 17.0 Å². The first-order valence-electron chi connectivity index (χ1n) is 10.2. The fraction of sp³-hybridized carbons (Fsp3) is 0.636. The van der Waals surface area contributed by atoms with Gasteiger partial charge in [0.15, 0.2) is 5.78 Å². The maximum Gasteiger partial charge on any atom is 0.239 e. The van der Waals surface area contributed by atoms with E-state index >= 15 is 0 Å². The second kappa shape index (κ2) is 8.81. The number of hydrogen-bond acceptors (Lipinski definition) is 3. The van der Waals surface area contributed by atoms with E-state index < -0.39 is 0 Å². The highest BCUT2D eigenvalue weighted by atomic mass is 16.2. The fourth-order valence-electron chi connectivity index (χ4n) is 4.16. The van der Waals surface area contributed by atoms with Crippen LogP contribution in [-0.4, -0.2) is 42.3 Å². The van der Waals surface area contributed by atoms with Crippen LogP contribution < -0.4 is 5.32 Å². The third kappa shape index (κ3) is 4.73. The van der Waals surface area contributed by atoms with Gasteiger partial charge >= 0.3 is 0 Å². The van der Waals surface area contributed by atoms with Gasteiger partial charge in [-0.25, -0.2) is 0 Å². The monoisotopic (exact) mass is 356 g/mol. The van der Waals surface area contributed by atoms with Gasteiger partial charge in [0.05, 0.1) is 6.04 Å². The Morgan fingerprint density at radius 1 is 1.08 bits per heavy atom. The zero-order valence-electron chi connectivity index (χ0n) is 16.2. The molecule has 1 amide bonds. The van der Waals surface area contributed by atoms with Crippen LogP contribution in [0.4, 0.5) is 0 Å². The number of rotatable bonds is 5. The van der Waals surface area contributed by atoms with Gasteiger partial charge in [0.25, 0.3) is 0 Å². The van der Waals surface area contributed by atoms with Crippen molar-refractivity contribution in [3.8, 4) is 0 Å². The summed E-state index contributed by atoms with van der Waals surface area (Å²) < 4.78 is 0. The van der Waals surface area contributed by atoms with Crippen molar-refractivity contribution in [3.63, 3.8) is 0 Å². The SMILES string of the molecule is CC(C)Cc1ccc(C(=O)C2CCN(C(=O)C3CCCCN3)CC2)cc1. The van der Waals surface area contributed by atoms with Crippen molar-refractivity contribution < 1.29 is 9.59 Å². The molecule has 2 aliphatic rings.